The van der Waals surface area contributed by atoms with Crippen molar-refractivity contribution in [3.63, 3.8) is 0 Å². The zero-order chi connectivity index (χ0) is 19.4. The summed E-state index contributed by atoms with van der Waals surface area (Å²) < 4.78 is 14.5. The first kappa shape index (κ1) is 19.8. The summed E-state index contributed by atoms with van der Waals surface area (Å²) >= 11 is 0. The summed E-state index contributed by atoms with van der Waals surface area (Å²) in [4.78, 5) is 28.3. The highest BCUT2D eigenvalue weighted by atomic mass is 19.1. The third-order valence-electron chi connectivity index (χ3n) is 6.27. The van der Waals surface area contributed by atoms with Gasteiger partial charge in [-0.05, 0) is 38.3 Å². The summed E-state index contributed by atoms with van der Waals surface area (Å²) in [6.07, 6.45) is 4.82. The molecule has 3 rings (SSSR count). The zero-order valence-electron chi connectivity index (χ0n) is 16.0. The number of amides is 1. The Morgan fingerprint density at radius 3 is 2.41 bits per heavy atom. The van der Waals surface area contributed by atoms with E-state index in [0.29, 0.717) is 38.0 Å². The Hall–Kier alpha value is -1.95. The summed E-state index contributed by atoms with van der Waals surface area (Å²) in [5.41, 5.74) is -0.195. The number of likely N-dealkylation sites (N-methyl/N-ethyl adjacent to an activating group) is 1. The van der Waals surface area contributed by atoms with Crippen molar-refractivity contribution >= 4 is 11.9 Å². The molecular formula is C21H29FN2O3. The summed E-state index contributed by atoms with van der Waals surface area (Å²) in [6, 6.07) is 6.86. The van der Waals surface area contributed by atoms with Crippen LogP contribution in [0.3, 0.4) is 0 Å². The van der Waals surface area contributed by atoms with E-state index in [4.69, 9.17) is 5.11 Å². The lowest BCUT2D eigenvalue weighted by Gasteiger charge is -2.41. The molecule has 0 radical (unpaired) electrons. The van der Waals surface area contributed by atoms with E-state index >= 15 is 0 Å². The van der Waals surface area contributed by atoms with Crippen LogP contribution in [-0.2, 0) is 15.0 Å². The van der Waals surface area contributed by atoms with Gasteiger partial charge in [-0.15, -0.1) is 0 Å². The van der Waals surface area contributed by atoms with Gasteiger partial charge in [-0.2, -0.15) is 0 Å². The van der Waals surface area contributed by atoms with Gasteiger partial charge in [0.05, 0.1) is 12.0 Å². The first-order valence-corrected chi connectivity index (χ1v) is 9.98. The van der Waals surface area contributed by atoms with Gasteiger partial charge in [-0.3, -0.25) is 14.5 Å². The van der Waals surface area contributed by atoms with Crippen molar-refractivity contribution in [1.82, 2.24) is 9.80 Å². The molecular weight excluding hydrogens is 347 g/mol. The number of piperidine rings is 1. The normalized spacial score (nSPS) is 20.2. The van der Waals surface area contributed by atoms with Crippen LogP contribution in [0.25, 0.3) is 0 Å². The average Bonchev–Trinajstić information content (AvgIpc) is 3.17. The van der Waals surface area contributed by atoms with Crippen LogP contribution in [0.15, 0.2) is 24.3 Å². The van der Waals surface area contributed by atoms with E-state index in [1.807, 2.05) is 22.8 Å². The topological polar surface area (TPSA) is 60.9 Å². The molecule has 1 N–H and O–H groups in total. The van der Waals surface area contributed by atoms with Crippen LogP contribution in [0, 0.1) is 5.82 Å². The standard InChI is InChI=1S/C21H29FN2O3/c1-2-23(15-19(25)26)16-9-13-24(14-10-16)20(27)21(11-5-6-12-21)17-7-3-4-8-18(17)22/h3-4,7-8,16H,2,5-6,9-15H2,1H3,(H,25,26). The van der Waals surface area contributed by atoms with Gasteiger partial charge >= 0.3 is 5.97 Å². The molecule has 1 aliphatic carbocycles. The molecule has 2 aliphatic rings. The maximum atomic E-state index is 14.5. The van der Waals surface area contributed by atoms with Crippen LogP contribution in [0.4, 0.5) is 4.39 Å². The molecule has 6 heteroatoms. The summed E-state index contributed by atoms with van der Waals surface area (Å²) in [7, 11) is 0. The van der Waals surface area contributed by atoms with Gasteiger partial charge in [0.2, 0.25) is 5.91 Å². The monoisotopic (exact) mass is 376 g/mol. The van der Waals surface area contributed by atoms with Crippen molar-refractivity contribution in [2.75, 3.05) is 26.2 Å². The number of hydrogen-bond acceptors (Lipinski definition) is 3. The Bertz CT molecular complexity index is 680. The van der Waals surface area contributed by atoms with Crippen LogP contribution >= 0.6 is 0 Å². The highest BCUT2D eigenvalue weighted by Gasteiger charge is 2.47. The number of benzene rings is 1. The second-order valence-electron chi connectivity index (χ2n) is 7.75. The second kappa shape index (κ2) is 8.38. The van der Waals surface area contributed by atoms with Crippen molar-refractivity contribution in [2.24, 2.45) is 0 Å². The van der Waals surface area contributed by atoms with Crippen molar-refractivity contribution in [1.29, 1.82) is 0 Å². The number of rotatable bonds is 6. The van der Waals surface area contributed by atoms with Crippen molar-refractivity contribution in [2.45, 2.75) is 56.9 Å². The quantitative estimate of drug-likeness (QED) is 0.829. The van der Waals surface area contributed by atoms with Crippen LogP contribution in [0.5, 0.6) is 0 Å². The lowest BCUT2D eigenvalue weighted by Crippen LogP contribution is -2.52. The Kier molecular flexibility index (Phi) is 6.15. The van der Waals surface area contributed by atoms with Gasteiger partial charge in [0.25, 0.3) is 0 Å². The fourth-order valence-electron chi connectivity index (χ4n) is 4.84. The summed E-state index contributed by atoms with van der Waals surface area (Å²) in [5, 5.41) is 9.07. The fraction of sp³-hybridized carbons (Fsp3) is 0.619. The minimum absolute atomic E-state index is 0.0360. The Morgan fingerprint density at radius 2 is 1.85 bits per heavy atom. The number of aliphatic carboxylic acids is 1. The number of nitrogens with zero attached hydrogens (tertiary/aromatic N) is 2. The SMILES string of the molecule is CCN(CC(=O)O)C1CCN(C(=O)C2(c3ccccc3F)CCCC2)CC1. The van der Waals surface area contributed by atoms with Crippen molar-refractivity contribution in [3.8, 4) is 0 Å². The number of carbonyl (C=O) groups is 2. The number of hydrogen-bond donors (Lipinski definition) is 1. The van der Waals surface area contributed by atoms with E-state index < -0.39 is 11.4 Å². The Labute approximate surface area is 160 Å². The van der Waals surface area contributed by atoms with Crippen molar-refractivity contribution in [3.05, 3.63) is 35.6 Å². The van der Waals surface area contributed by atoms with E-state index in [0.717, 1.165) is 25.7 Å². The minimum Gasteiger partial charge on any atom is -0.480 e. The summed E-state index contributed by atoms with van der Waals surface area (Å²) in [6.45, 7) is 3.90. The third-order valence-corrected chi connectivity index (χ3v) is 6.27. The minimum atomic E-state index is -0.820. The largest absolute Gasteiger partial charge is 0.480 e. The van der Waals surface area contributed by atoms with Crippen LogP contribution in [0.1, 0.15) is 51.0 Å². The van der Waals surface area contributed by atoms with E-state index in [2.05, 4.69) is 0 Å². The molecule has 0 atom stereocenters. The first-order chi connectivity index (χ1) is 13.0. The predicted molar refractivity (Wildman–Crippen MR) is 101 cm³/mol. The molecule has 1 heterocycles. The highest BCUT2D eigenvalue weighted by Crippen LogP contribution is 2.44. The van der Waals surface area contributed by atoms with Gasteiger partial charge in [-0.1, -0.05) is 38.0 Å². The molecule has 1 aliphatic heterocycles. The molecule has 1 saturated carbocycles. The van der Waals surface area contributed by atoms with E-state index in [-0.39, 0.29) is 24.3 Å². The molecule has 1 aromatic carbocycles. The van der Waals surface area contributed by atoms with Gasteiger partial charge in [0.15, 0.2) is 0 Å². The Balaban J connectivity index is 1.72. The van der Waals surface area contributed by atoms with Crippen LogP contribution in [-0.4, -0.2) is 59.0 Å². The lowest BCUT2D eigenvalue weighted by molar-refractivity contribution is -0.142. The zero-order valence-corrected chi connectivity index (χ0v) is 16.0. The van der Waals surface area contributed by atoms with Crippen LogP contribution in [0.2, 0.25) is 0 Å². The fourth-order valence-corrected chi connectivity index (χ4v) is 4.84. The van der Waals surface area contributed by atoms with Gasteiger partial charge in [0.1, 0.15) is 5.82 Å². The van der Waals surface area contributed by atoms with E-state index in [1.165, 1.54) is 6.07 Å². The molecule has 0 bridgehead atoms. The smallest absolute Gasteiger partial charge is 0.317 e. The molecule has 148 valence electrons. The maximum absolute atomic E-state index is 14.5. The molecule has 1 saturated heterocycles. The van der Waals surface area contributed by atoms with Gasteiger partial charge < -0.3 is 10.0 Å². The molecule has 0 spiro atoms. The molecule has 0 aromatic heterocycles. The van der Waals surface area contributed by atoms with Gasteiger partial charge in [0, 0.05) is 24.7 Å². The molecule has 1 amide bonds. The van der Waals surface area contributed by atoms with Crippen molar-refractivity contribution < 1.29 is 19.1 Å². The van der Waals surface area contributed by atoms with Gasteiger partial charge in [-0.25, -0.2) is 4.39 Å². The average molecular weight is 376 g/mol. The lowest BCUT2D eigenvalue weighted by atomic mass is 9.76. The molecule has 5 nitrogen and oxygen atoms in total. The predicted octanol–water partition coefficient (Wildman–Crippen LogP) is 3.04. The maximum Gasteiger partial charge on any atom is 0.317 e. The second-order valence-corrected chi connectivity index (χ2v) is 7.75. The molecule has 0 unspecified atom stereocenters. The molecule has 27 heavy (non-hydrogen) atoms. The number of carbonyl (C=O) groups excluding carboxylic acids is 1. The third kappa shape index (κ3) is 4.00. The Morgan fingerprint density at radius 1 is 1.22 bits per heavy atom. The van der Waals surface area contributed by atoms with Crippen LogP contribution < -0.4 is 0 Å². The number of halogens is 1. The number of carboxylic acids is 1. The summed E-state index contributed by atoms with van der Waals surface area (Å²) in [5.74, 6) is -1.06. The van der Waals surface area contributed by atoms with E-state index in [9.17, 15) is 14.0 Å². The number of carboxylic acid groups (broad SMARTS) is 1. The van der Waals surface area contributed by atoms with E-state index in [1.54, 1.807) is 12.1 Å². The highest BCUT2D eigenvalue weighted by molar-refractivity contribution is 5.89. The molecule has 1 aromatic rings. The first-order valence-electron chi connectivity index (χ1n) is 9.98. The molecule has 2 fully saturated rings. The number of likely N-dealkylation sites (tertiary alicyclic amines) is 1.